The summed E-state index contributed by atoms with van der Waals surface area (Å²) in [7, 11) is 0. The number of thioether (sulfide) groups is 1. The predicted octanol–water partition coefficient (Wildman–Crippen LogP) is 5.24. The second-order valence-electron chi connectivity index (χ2n) is 7.57. The minimum Gasteiger partial charge on any atom is -0.388 e. The van der Waals surface area contributed by atoms with E-state index < -0.39 is 16.5 Å². The maximum absolute atomic E-state index is 14.7. The van der Waals surface area contributed by atoms with Gasteiger partial charge in [-0.15, -0.1) is 10.2 Å². The van der Waals surface area contributed by atoms with Crippen LogP contribution in [0.4, 0.5) is 13.9 Å². The van der Waals surface area contributed by atoms with Crippen molar-refractivity contribution in [1.29, 1.82) is 5.41 Å². The van der Waals surface area contributed by atoms with E-state index in [4.69, 9.17) is 16.2 Å². The van der Waals surface area contributed by atoms with Crippen molar-refractivity contribution < 1.29 is 8.78 Å². The number of rotatable bonds is 7. The summed E-state index contributed by atoms with van der Waals surface area (Å²) >= 11 is 2.73. The van der Waals surface area contributed by atoms with E-state index in [0.717, 1.165) is 28.8 Å². The lowest BCUT2D eigenvalue weighted by Crippen LogP contribution is -2.43. The van der Waals surface area contributed by atoms with Gasteiger partial charge in [0.15, 0.2) is 0 Å². The Morgan fingerprint density at radius 1 is 1.19 bits per heavy atom. The largest absolute Gasteiger partial charge is 0.388 e. The summed E-state index contributed by atoms with van der Waals surface area (Å²) in [5.41, 5.74) is 6.68. The Kier molecular flexibility index (Phi) is 6.25. The zero-order chi connectivity index (χ0) is 22.9. The van der Waals surface area contributed by atoms with Gasteiger partial charge in [0.25, 0.3) is 0 Å². The molecule has 0 radical (unpaired) electrons. The Hall–Kier alpha value is -2.85. The molecule has 3 N–H and O–H groups in total. The standard InChI is InChI=1S/C22H22F2N6S2/c1-13(8-11-19(25)26)22(15-6-4-3-5-7-15)30(21-28-27-14(2)31-21)29-20(32-22)17-12-16(23)9-10-18(17)24/h3-7,9-10,12-13H,8,11H2,1-2H3,(H3,25,26). The topological polar surface area (TPSA) is 91.2 Å². The first-order chi connectivity index (χ1) is 15.3. The number of hydrogen-bond acceptors (Lipinski definition) is 7. The lowest BCUT2D eigenvalue weighted by atomic mass is 9.89. The molecule has 1 aliphatic rings. The Balaban J connectivity index is 1.90. The third kappa shape index (κ3) is 4.12. The van der Waals surface area contributed by atoms with Crippen LogP contribution in [0.2, 0.25) is 0 Å². The molecule has 1 aliphatic heterocycles. The zero-order valence-corrected chi connectivity index (χ0v) is 19.2. The van der Waals surface area contributed by atoms with E-state index >= 15 is 0 Å². The number of nitrogens with zero attached hydrogens (tertiary/aromatic N) is 4. The molecular weight excluding hydrogens is 450 g/mol. The highest BCUT2D eigenvalue weighted by molar-refractivity contribution is 8.15. The summed E-state index contributed by atoms with van der Waals surface area (Å²) in [6, 6.07) is 13.1. The molecule has 2 aromatic carbocycles. The van der Waals surface area contributed by atoms with Crippen LogP contribution in [0.25, 0.3) is 0 Å². The number of amidine groups is 1. The van der Waals surface area contributed by atoms with Crippen LogP contribution < -0.4 is 10.7 Å². The fourth-order valence-electron chi connectivity index (χ4n) is 3.72. The molecule has 0 saturated carbocycles. The summed E-state index contributed by atoms with van der Waals surface area (Å²) in [6.45, 7) is 3.90. The number of anilines is 1. The molecule has 10 heteroatoms. The fraction of sp³-hybridized carbons (Fsp3) is 0.273. The van der Waals surface area contributed by atoms with Gasteiger partial charge in [-0.2, -0.15) is 5.10 Å². The Bertz CT molecular complexity index is 1170. The van der Waals surface area contributed by atoms with Crippen LogP contribution in [0.1, 0.15) is 35.9 Å². The average molecular weight is 473 g/mol. The van der Waals surface area contributed by atoms with E-state index in [1.807, 2.05) is 44.2 Å². The Morgan fingerprint density at radius 3 is 2.59 bits per heavy atom. The van der Waals surface area contributed by atoms with E-state index in [0.29, 0.717) is 23.0 Å². The molecule has 1 aromatic heterocycles. The lowest BCUT2D eigenvalue weighted by Gasteiger charge is -2.40. The van der Waals surface area contributed by atoms with Gasteiger partial charge in [0.2, 0.25) is 5.13 Å². The maximum atomic E-state index is 14.7. The van der Waals surface area contributed by atoms with Gasteiger partial charge >= 0.3 is 0 Å². The number of nitrogens with two attached hydrogens (primary N) is 1. The van der Waals surface area contributed by atoms with Gasteiger partial charge in [0.1, 0.15) is 26.6 Å². The van der Waals surface area contributed by atoms with Crippen molar-refractivity contribution in [1.82, 2.24) is 10.2 Å². The van der Waals surface area contributed by atoms with E-state index in [2.05, 4.69) is 10.2 Å². The number of hydrogen-bond donors (Lipinski definition) is 2. The fourth-order valence-corrected chi connectivity index (χ4v) is 5.95. The van der Waals surface area contributed by atoms with Crippen LogP contribution in [0.5, 0.6) is 0 Å². The smallest absolute Gasteiger partial charge is 0.230 e. The first-order valence-corrected chi connectivity index (χ1v) is 11.7. The highest BCUT2D eigenvalue weighted by Crippen LogP contribution is 2.55. The zero-order valence-electron chi connectivity index (χ0n) is 17.5. The molecule has 0 amide bonds. The van der Waals surface area contributed by atoms with Crippen LogP contribution in [-0.4, -0.2) is 21.1 Å². The van der Waals surface area contributed by atoms with Gasteiger partial charge in [-0.1, -0.05) is 60.4 Å². The molecule has 0 spiro atoms. The molecular formula is C22H22F2N6S2. The summed E-state index contributed by atoms with van der Waals surface area (Å²) in [5, 5.41) is 24.3. The number of benzene rings is 2. The van der Waals surface area contributed by atoms with Crippen LogP contribution in [0, 0.1) is 29.9 Å². The predicted molar refractivity (Wildman–Crippen MR) is 126 cm³/mol. The number of hydrazone groups is 1. The molecule has 6 nitrogen and oxygen atoms in total. The summed E-state index contributed by atoms with van der Waals surface area (Å²) in [4.78, 5) is -0.809. The molecule has 2 heterocycles. The summed E-state index contributed by atoms with van der Waals surface area (Å²) in [5.74, 6) is -1.07. The SMILES string of the molecule is Cc1nnc(N2N=C(c3cc(F)ccc3F)SC2(c2ccccc2)C(C)CCC(=N)N)s1. The van der Waals surface area contributed by atoms with Crippen molar-refractivity contribution >= 4 is 39.1 Å². The van der Waals surface area contributed by atoms with Gasteiger partial charge in [-0.05, 0) is 43.0 Å². The Morgan fingerprint density at radius 2 is 1.94 bits per heavy atom. The molecule has 0 fully saturated rings. The summed E-state index contributed by atoms with van der Waals surface area (Å²) < 4.78 is 28.7. The third-order valence-electron chi connectivity index (χ3n) is 5.32. The van der Waals surface area contributed by atoms with E-state index in [1.165, 1.54) is 23.1 Å². The van der Waals surface area contributed by atoms with Gasteiger partial charge < -0.3 is 5.73 Å². The Labute approximate surface area is 193 Å². The normalized spacial score (nSPS) is 19.1. The van der Waals surface area contributed by atoms with Crippen molar-refractivity contribution in [3.05, 3.63) is 76.3 Å². The van der Waals surface area contributed by atoms with Crippen molar-refractivity contribution in [2.24, 2.45) is 16.8 Å². The molecule has 3 aromatic rings. The van der Waals surface area contributed by atoms with Gasteiger partial charge in [0, 0.05) is 12.0 Å². The van der Waals surface area contributed by atoms with Crippen molar-refractivity contribution in [2.75, 3.05) is 5.01 Å². The quantitative estimate of drug-likeness (QED) is 0.362. The maximum Gasteiger partial charge on any atom is 0.230 e. The third-order valence-corrected chi connectivity index (χ3v) is 7.75. The first-order valence-electron chi connectivity index (χ1n) is 10.0. The van der Waals surface area contributed by atoms with Crippen molar-refractivity contribution in [2.45, 2.75) is 31.6 Å². The summed E-state index contributed by atoms with van der Waals surface area (Å²) in [6.07, 6.45) is 1.00. The van der Waals surface area contributed by atoms with Crippen LogP contribution in [0.15, 0.2) is 53.6 Å². The molecule has 166 valence electrons. The molecule has 4 rings (SSSR count). The number of aromatic nitrogens is 2. The highest BCUT2D eigenvalue weighted by Gasteiger charge is 2.51. The molecule has 0 bridgehead atoms. The van der Waals surface area contributed by atoms with Crippen LogP contribution in [0.3, 0.4) is 0 Å². The van der Waals surface area contributed by atoms with Gasteiger partial charge in [-0.3, -0.25) is 5.41 Å². The van der Waals surface area contributed by atoms with Gasteiger partial charge in [-0.25, -0.2) is 13.8 Å². The minimum absolute atomic E-state index is 0.0825. The van der Waals surface area contributed by atoms with E-state index in [1.54, 1.807) is 5.01 Å². The van der Waals surface area contributed by atoms with Gasteiger partial charge in [0.05, 0.1) is 5.84 Å². The molecule has 2 unspecified atom stereocenters. The van der Waals surface area contributed by atoms with Crippen molar-refractivity contribution in [3.63, 3.8) is 0 Å². The lowest BCUT2D eigenvalue weighted by molar-refractivity contribution is 0.384. The number of halogens is 2. The minimum atomic E-state index is -0.809. The molecule has 0 saturated heterocycles. The molecule has 2 atom stereocenters. The number of nitrogens with one attached hydrogen (secondary N) is 1. The first kappa shape index (κ1) is 22.3. The van der Waals surface area contributed by atoms with Crippen LogP contribution in [-0.2, 0) is 4.87 Å². The molecule has 0 aliphatic carbocycles. The molecule has 32 heavy (non-hydrogen) atoms. The number of aryl methyl sites for hydroxylation is 1. The van der Waals surface area contributed by atoms with Crippen LogP contribution >= 0.6 is 23.1 Å². The average Bonchev–Trinajstić information content (AvgIpc) is 3.39. The van der Waals surface area contributed by atoms with E-state index in [9.17, 15) is 8.78 Å². The van der Waals surface area contributed by atoms with E-state index in [-0.39, 0.29) is 17.3 Å². The highest BCUT2D eigenvalue weighted by atomic mass is 32.2. The monoisotopic (exact) mass is 472 g/mol. The van der Waals surface area contributed by atoms with Crippen molar-refractivity contribution in [3.8, 4) is 0 Å². The second kappa shape index (κ2) is 8.95. The second-order valence-corrected chi connectivity index (χ2v) is 9.95.